The molecule has 1 saturated heterocycles. The molecule has 3 fully saturated rings. The molecule has 7 rings (SSSR count). The number of benzene rings is 2. The summed E-state index contributed by atoms with van der Waals surface area (Å²) in [6, 6.07) is 10.8. The number of hydrogen-bond donors (Lipinski definition) is 3. The lowest BCUT2D eigenvalue weighted by Crippen LogP contribution is -2.60. The van der Waals surface area contributed by atoms with E-state index in [0.717, 1.165) is 0 Å². The Balaban J connectivity index is 1.26. The summed E-state index contributed by atoms with van der Waals surface area (Å²) < 4.78 is 86.5. The molecule has 3 heterocycles. The molecule has 7 atom stereocenters. The fraction of sp³-hybridized carbons (Fsp3) is 0.542. The van der Waals surface area contributed by atoms with Crippen LogP contribution in [-0.4, -0.2) is 109 Å². The molecule has 0 unspecified atom stereocenters. The number of carbonyl (C=O) groups excluding carboxylic acids is 5. The summed E-state index contributed by atoms with van der Waals surface area (Å²) in [5, 5.41) is 6.21. The molecule has 2 aliphatic carbocycles. The number of nitrogens with one attached hydrogen (secondary N) is 3. The van der Waals surface area contributed by atoms with Crippen LogP contribution in [0.25, 0.3) is 10.8 Å². The highest BCUT2D eigenvalue weighted by atomic mass is 32.2. The van der Waals surface area contributed by atoms with Gasteiger partial charge in [-0.25, -0.2) is 18.2 Å². The van der Waals surface area contributed by atoms with Crippen LogP contribution in [0.3, 0.4) is 0 Å². The van der Waals surface area contributed by atoms with Crippen LogP contribution in [-0.2, 0) is 29.1 Å². The number of alkyl carbamates (subject to hydrolysis) is 1. The predicted octanol–water partition coefficient (Wildman–Crippen LogP) is 6.58. The number of fused-ring (bicyclic) bond motifs is 3. The molecule has 2 aromatic carbocycles. The quantitative estimate of drug-likeness (QED) is 0.175. The number of pyridine rings is 1. The van der Waals surface area contributed by atoms with Crippen molar-refractivity contribution in [1.82, 2.24) is 25.2 Å². The molecule has 0 spiro atoms. The summed E-state index contributed by atoms with van der Waals surface area (Å²) >= 11 is 0. The SMILES string of the molecule is CC[C@@H]1C[C@H](C)CC/C=C\[C@@H]2C[C@@]2(C(=O)NS(=O)(=O)C2(C)CC2)NC(=O)[C@@H]2C[C@@H](Oc3ncc(N(C)C(=O)c4ccccc4)c4cc(OC)ccc34)CN2C(=O)[C@H]1NC(=O)OC(C)(C)C(F)(F)F. The molecule has 20 heteroatoms. The van der Waals surface area contributed by atoms with E-state index in [1.54, 1.807) is 68.6 Å². The maximum Gasteiger partial charge on any atom is 0.427 e. The number of sulfonamides is 1. The first-order valence-electron chi connectivity index (χ1n) is 22.8. The van der Waals surface area contributed by atoms with Gasteiger partial charge in [-0.15, -0.1) is 0 Å². The highest BCUT2D eigenvalue weighted by molar-refractivity contribution is 7.91. The zero-order valence-corrected chi connectivity index (χ0v) is 40.0. The number of carbonyl (C=O) groups is 5. The zero-order valence-electron chi connectivity index (χ0n) is 39.1. The summed E-state index contributed by atoms with van der Waals surface area (Å²) in [4.78, 5) is 78.3. The molecule has 1 aromatic heterocycles. The number of aromatic nitrogens is 1. The summed E-state index contributed by atoms with van der Waals surface area (Å²) in [5.74, 6) is -3.62. The van der Waals surface area contributed by atoms with Crippen LogP contribution >= 0.6 is 0 Å². The van der Waals surface area contributed by atoms with E-state index < -0.39 is 85.9 Å². The normalized spacial score (nSPS) is 26.7. The maximum absolute atomic E-state index is 15.1. The first kappa shape index (κ1) is 50.0. The first-order chi connectivity index (χ1) is 31.9. The Labute approximate surface area is 393 Å². The molecule has 0 radical (unpaired) electrons. The van der Waals surface area contributed by atoms with Crippen molar-refractivity contribution in [2.24, 2.45) is 17.8 Å². The second kappa shape index (κ2) is 18.9. The van der Waals surface area contributed by atoms with E-state index in [0.29, 0.717) is 80.1 Å². The van der Waals surface area contributed by atoms with Gasteiger partial charge in [0.05, 0.1) is 30.3 Å². The Hall–Kier alpha value is -5.92. The van der Waals surface area contributed by atoms with E-state index in [9.17, 15) is 40.8 Å². The molecule has 2 aliphatic heterocycles. The third-order valence-corrected chi connectivity index (χ3v) is 16.1. The summed E-state index contributed by atoms with van der Waals surface area (Å²) in [6.07, 6.45) is 0.0296. The minimum atomic E-state index is -4.95. The maximum atomic E-state index is 15.1. The van der Waals surface area contributed by atoms with Crippen molar-refractivity contribution in [3.05, 3.63) is 72.4 Å². The summed E-state index contributed by atoms with van der Waals surface area (Å²) in [7, 11) is -1.04. The highest BCUT2D eigenvalue weighted by Gasteiger charge is 2.63. The van der Waals surface area contributed by atoms with E-state index in [-0.39, 0.29) is 37.1 Å². The molecule has 3 N–H and O–H groups in total. The number of alkyl halides is 3. The standard InChI is InChI=1S/C48H59F3N6O10S/c1-8-29-22-28(2)14-12-13-17-31-25-47(31,43(61)55-68(63,64)46(5)20-21-46)54-39(58)36-24-33(27-57(36)42(60)38(29)53-44(62)67-45(3,4)48(49,50)51)66-40-34-19-18-32(65-7)23-35(34)37(26-52-40)56(6)41(59)30-15-10-9-11-16-30/h9-11,13,15-19,23,26,28-29,31,33,36,38H,8,12,14,20-22,24-25,27H2,1-7H3,(H,53,62)(H,54,58)(H,55,61)/b17-13-/t28-,29-,31-,33-,36+,38+,47-/m1/s1. The average molecular weight is 969 g/mol. The summed E-state index contributed by atoms with van der Waals surface area (Å²) in [5.41, 5.74) is -3.77. The summed E-state index contributed by atoms with van der Waals surface area (Å²) in [6.45, 7) is 6.35. The number of hydrogen-bond acceptors (Lipinski definition) is 11. The van der Waals surface area contributed by atoms with Crippen LogP contribution in [0.15, 0.2) is 66.9 Å². The largest absolute Gasteiger partial charge is 0.497 e. The molecule has 2 saturated carbocycles. The molecule has 16 nitrogen and oxygen atoms in total. The van der Waals surface area contributed by atoms with E-state index >= 15 is 4.79 Å². The Kier molecular flexibility index (Phi) is 13.9. The van der Waals surface area contributed by atoms with Gasteiger partial charge in [-0.2, -0.15) is 13.2 Å². The van der Waals surface area contributed by atoms with Gasteiger partial charge >= 0.3 is 12.3 Å². The van der Waals surface area contributed by atoms with Crippen molar-refractivity contribution in [1.29, 1.82) is 0 Å². The zero-order chi connectivity index (χ0) is 49.6. The predicted molar refractivity (Wildman–Crippen MR) is 245 cm³/mol. The Morgan fingerprint density at radius 2 is 1.75 bits per heavy atom. The van der Waals surface area contributed by atoms with Crippen LogP contribution in [0.4, 0.5) is 23.7 Å². The Morgan fingerprint density at radius 3 is 2.40 bits per heavy atom. The molecule has 3 aromatic rings. The van der Waals surface area contributed by atoms with Gasteiger partial charge in [0.2, 0.25) is 33.3 Å². The lowest BCUT2D eigenvalue weighted by molar-refractivity contribution is -0.244. The highest BCUT2D eigenvalue weighted by Crippen LogP contribution is 2.48. The fourth-order valence-electron chi connectivity index (χ4n) is 8.97. The molecular weight excluding hydrogens is 910 g/mol. The van der Waals surface area contributed by atoms with Crippen LogP contribution < -0.4 is 29.7 Å². The molecule has 68 heavy (non-hydrogen) atoms. The van der Waals surface area contributed by atoms with Crippen LogP contribution in [0.1, 0.15) is 96.3 Å². The van der Waals surface area contributed by atoms with Gasteiger partial charge in [0, 0.05) is 35.7 Å². The number of ether oxygens (including phenoxy) is 3. The minimum Gasteiger partial charge on any atom is -0.497 e. The lowest BCUT2D eigenvalue weighted by atomic mass is 9.85. The van der Waals surface area contributed by atoms with Gasteiger partial charge in [0.15, 0.2) is 0 Å². The first-order valence-corrected chi connectivity index (χ1v) is 24.3. The molecule has 5 amide bonds. The van der Waals surface area contributed by atoms with Gasteiger partial charge in [0.25, 0.3) is 11.8 Å². The lowest BCUT2D eigenvalue weighted by Gasteiger charge is -2.35. The fourth-order valence-corrected chi connectivity index (χ4v) is 10.3. The van der Waals surface area contributed by atoms with Gasteiger partial charge in [0.1, 0.15) is 29.5 Å². The van der Waals surface area contributed by atoms with Crippen LogP contribution in [0.5, 0.6) is 11.6 Å². The van der Waals surface area contributed by atoms with E-state index in [1.165, 1.54) is 30.0 Å². The van der Waals surface area contributed by atoms with Crippen molar-refractivity contribution in [3.63, 3.8) is 0 Å². The number of anilines is 1. The number of amides is 5. The third kappa shape index (κ3) is 10.1. The van der Waals surface area contributed by atoms with Gasteiger partial charge < -0.3 is 34.6 Å². The topological polar surface area (TPSA) is 203 Å². The second-order valence-electron chi connectivity index (χ2n) is 19.3. The van der Waals surface area contributed by atoms with Crippen molar-refractivity contribution < 1.29 is 59.8 Å². The smallest absolute Gasteiger partial charge is 0.427 e. The van der Waals surface area contributed by atoms with E-state index in [2.05, 4.69) is 20.3 Å². The monoisotopic (exact) mass is 968 g/mol. The van der Waals surface area contributed by atoms with Crippen LogP contribution in [0.2, 0.25) is 0 Å². The number of halogens is 3. The third-order valence-electron chi connectivity index (χ3n) is 13.9. The number of allylic oxidation sites excluding steroid dienone is 1. The molecule has 4 aliphatic rings. The number of nitrogens with zero attached hydrogens (tertiary/aromatic N) is 3. The van der Waals surface area contributed by atoms with Crippen molar-refractivity contribution in [2.45, 2.75) is 126 Å². The Bertz CT molecular complexity index is 2590. The number of rotatable bonds is 11. The van der Waals surface area contributed by atoms with Crippen molar-refractivity contribution in [2.75, 3.05) is 25.6 Å². The van der Waals surface area contributed by atoms with Gasteiger partial charge in [-0.05, 0) is 101 Å². The molecule has 368 valence electrons. The molecular formula is C48H59F3N6O10S. The van der Waals surface area contributed by atoms with Crippen molar-refractivity contribution in [3.8, 4) is 11.6 Å². The van der Waals surface area contributed by atoms with Gasteiger partial charge in [-0.3, -0.25) is 23.9 Å². The van der Waals surface area contributed by atoms with Crippen LogP contribution in [0, 0.1) is 17.8 Å². The van der Waals surface area contributed by atoms with Gasteiger partial charge in [-0.1, -0.05) is 50.6 Å². The number of methoxy groups -OCH3 is 1. The average Bonchev–Trinajstić information content (AvgIpc) is 4.17. The van der Waals surface area contributed by atoms with Crippen molar-refractivity contribution >= 4 is 56.2 Å². The second-order valence-corrected chi connectivity index (χ2v) is 21.5. The minimum absolute atomic E-state index is 0.0688. The Morgan fingerprint density at radius 1 is 1.04 bits per heavy atom. The molecule has 0 bridgehead atoms. The van der Waals surface area contributed by atoms with E-state index in [1.807, 2.05) is 13.0 Å². The van der Waals surface area contributed by atoms with E-state index in [4.69, 9.17) is 14.2 Å².